The van der Waals surface area contributed by atoms with E-state index in [1.54, 1.807) is 18.2 Å². The van der Waals surface area contributed by atoms with E-state index in [4.69, 9.17) is 21.1 Å². The summed E-state index contributed by atoms with van der Waals surface area (Å²) in [6.07, 6.45) is 1.44. The number of nitriles is 1. The van der Waals surface area contributed by atoms with E-state index in [1.807, 2.05) is 30.3 Å². The monoisotopic (exact) mass is 433 g/mol. The van der Waals surface area contributed by atoms with Crippen LogP contribution in [0.15, 0.2) is 66.9 Å². The third-order valence-electron chi connectivity index (χ3n) is 4.70. The number of ether oxygens (including phenoxy) is 2. The van der Waals surface area contributed by atoms with Gasteiger partial charge in [0.25, 0.3) is 0 Å². The minimum atomic E-state index is -0.531. The Bertz CT molecular complexity index is 1290. The zero-order valence-corrected chi connectivity index (χ0v) is 17.3. The van der Waals surface area contributed by atoms with Crippen molar-refractivity contribution in [3.8, 4) is 17.6 Å². The van der Waals surface area contributed by atoms with Gasteiger partial charge in [0.05, 0.1) is 29.6 Å². The smallest absolute Gasteiger partial charge is 0.163 e. The van der Waals surface area contributed by atoms with E-state index in [-0.39, 0.29) is 16.3 Å². The third kappa shape index (κ3) is 4.37. The zero-order chi connectivity index (χ0) is 21.8. The van der Waals surface area contributed by atoms with Crippen molar-refractivity contribution >= 4 is 33.9 Å². The standard InChI is InChI=1S/C24H17ClFN3O2/c1-30-22-10-18-21(11-23(22)31-14-15-5-3-2-4-6-15)28-13-16(12-27)24(18)29-20-8-7-17(25)9-19(20)26/h2-11,13H,14H2,1H3,(H,28,29). The second-order valence-corrected chi connectivity index (χ2v) is 7.14. The first-order chi connectivity index (χ1) is 15.1. The van der Waals surface area contributed by atoms with Crippen LogP contribution in [0.25, 0.3) is 10.9 Å². The lowest BCUT2D eigenvalue weighted by Gasteiger charge is -2.16. The highest BCUT2D eigenvalue weighted by atomic mass is 35.5. The van der Waals surface area contributed by atoms with E-state index in [2.05, 4.69) is 16.4 Å². The fourth-order valence-corrected chi connectivity index (χ4v) is 3.31. The van der Waals surface area contributed by atoms with Crippen LogP contribution in [-0.2, 0) is 6.61 Å². The minimum Gasteiger partial charge on any atom is -0.493 e. The van der Waals surface area contributed by atoms with E-state index >= 15 is 0 Å². The molecular formula is C24H17ClFN3O2. The van der Waals surface area contributed by atoms with Crippen LogP contribution in [0.5, 0.6) is 11.5 Å². The minimum absolute atomic E-state index is 0.191. The predicted octanol–water partition coefficient (Wildman–Crippen LogP) is 6.23. The van der Waals surface area contributed by atoms with Crippen LogP contribution >= 0.6 is 11.6 Å². The van der Waals surface area contributed by atoms with Gasteiger partial charge in [0, 0.05) is 22.7 Å². The van der Waals surface area contributed by atoms with Crippen LogP contribution in [0.3, 0.4) is 0 Å². The molecule has 0 radical (unpaired) electrons. The molecule has 5 nitrogen and oxygen atoms in total. The van der Waals surface area contributed by atoms with Crippen LogP contribution < -0.4 is 14.8 Å². The van der Waals surface area contributed by atoms with E-state index in [1.165, 1.54) is 25.4 Å². The normalized spacial score (nSPS) is 10.5. The number of pyridine rings is 1. The molecule has 3 aromatic carbocycles. The summed E-state index contributed by atoms with van der Waals surface area (Å²) in [4.78, 5) is 4.37. The highest BCUT2D eigenvalue weighted by Gasteiger charge is 2.16. The molecule has 1 heterocycles. The Balaban J connectivity index is 1.76. The van der Waals surface area contributed by atoms with Gasteiger partial charge in [-0.25, -0.2) is 4.39 Å². The highest BCUT2D eigenvalue weighted by molar-refractivity contribution is 6.30. The van der Waals surface area contributed by atoms with Crippen LogP contribution in [0, 0.1) is 17.1 Å². The summed E-state index contributed by atoms with van der Waals surface area (Å²) < 4.78 is 25.8. The molecule has 0 aliphatic heterocycles. The number of hydrogen-bond donors (Lipinski definition) is 1. The van der Waals surface area contributed by atoms with E-state index in [9.17, 15) is 9.65 Å². The summed E-state index contributed by atoms with van der Waals surface area (Å²) in [7, 11) is 1.53. The Morgan fingerprint density at radius 1 is 1.10 bits per heavy atom. The Hall–Kier alpha value is -3.82. The predicted molar refractivity (Wildman–Crippen MR) is 118 cm³/mol. The SMILES string of the molecule is COc1cc2c(Nc3ccc(Cl)cc3F)c(C#N)cnc2cc1OCc1ccccc1. The maximum Gasteiger partial charge on any atom is 0.163 e. The lowest BCUT2D eigenvalue weighted by atomic mass is 10.1. The van der Waals surface area contributed by atoms with Crippen molar-refractivity contribution in [3.05, 3.63) is 88.8 Å². The van der Waals surface area contributed by atoms with E-state index < -0.39 is 5.82 Å². The molecular weight excluding hydrogens is 417 g/mol. The molecule has 0 amide bonds. The summed E-state index contributed by atoms with van der Waals surface area (Å²) in [6, 6.07) is 19.6. The Kier molecular flexibility index (Phi) is 5.87. The number of rotatable bonds is 6. The quantitative estimate of drug-likeness (QED) is 0.390. The Morgan fingerprint density at radius 3 is 2.61 bits per heavy atom. The lowest BCUT2D eigenvalue weighted by molar-refractivity contribution is 0.285. The van der Waals surface area contributed by atoms with Crippen LogP contribution in [0.4, 0.5) is 15.8 Å². The summed E-state index contributed by atoms with van der Waals surface area (Å²) in [5.41, 5.74) is 2.46. The van der Waals surface area contributed by atoms with Gasteiger partial charge in [0.2, 0.25) is 0 Å². The molecule has 0 bridgehead atoms. The van der Waals surface area contributed by atoms with Gasteiger partial charge in [0.15, 0.2) is 11.5 Å². The van der Waals surface area contributed by atoms with Gasteiger partial charge in [-0.1, -0.05) is 41.9 Å². The molecule has 1 N–H and O–H groups in total. The molecule has 0 spiro atoms. The average molecular weight is 434 g/mol. The van der Waals surface area contributed by atoms with Crippen LogP contribution in [0.2, 0.25) is 5.02 Å². The zero-order valence-electron chi connectivity index (χ0n) is 16.5. The second kappa shape index (κ2) is 8.90. The molecule has 0 aliphatic carbocycles. The third-order valence-corrected chi connectivity index (χ3v) is 4.94. The second-order valence-electron chi connectivity index (χ2n) is 6.70. The summed E-state index contributed by atoms with van der Waals surface area (Å²) >= 11 is 5.84. The first-order valence-electron chi connectivity index (χ1n) is 9.38. The summed E-state index contributed by atoms with van der Waals surface area (Å²) in [5, 5.41) is 13.4. The number of halogens is 2. The molecule has 0 saturated carbocycles. The van der Waals surface area contributed by atoms with Crippen molar-refractivity contribution < 1.29 is 13.9 Å². The van der Waals surface area contributed by atoms with Crippen LogP contribution in [-0.4, -0.2) is 12.1 Å². The van der Waals surface area contributed by atoms with E-state index in [0.717, 1.165) is 5.56 Å². The highest BCUT2D eigenvalue weighted by Crippen LogP contribution is 2.38. The van der Waals surface area contributed by atoms with Crippen molar-refractivity contribution in [2.75, 3.05) is 12.4 Å². The van der Waals surface area contributed by atoms with Crippen molar-refractivity contribution in [2.45, 2.75) is 6.61 Å². The van der Waals surface area contributed by atoms with Crippen LogP contribution in [0.1, 0.15) is 11.1 Å². The van der Waals surface area contributed by atoms with Gasteiger partial charge in [-0.15, -0.1) is 0 Å². The van der Waals surface area contributed by atoms with Crippen molar-refractivity contribution in [3.63, 3.8) is 0 Å². The molecule has 4 aromatic rings. The molecule has 0 fully saturated rings. The number of nitrogens with zero attached hydrogens (tertiary/aromatic N) is 2. The van der Waals surface area contributed by atoms with Gasteiger partial charge in [0.1, 0.15) is 18.5 Å². The molecule has 0 saturated heterocycles. The van der Waals surface area contributed by atoms with Gasteiger partial charge >= 0.3 is 0 Å². The largest absolute Gasteiger partial charge is 0.493 e. The number of anilines is 2. The molecule has 7 heteroatoms. The maximum absolute atomic E-state index is 14.4. The first-order valence-corrected chi connectivity index (χ1v) is 9.76. The molecule has 0 atom stereocenters. The molecule has 0 aliphatic rings. The number of nitrogens with one attached hydrogen (secondary N) is 1. The Morgan fingerprint density at radius 2 is 1.90 bits per heavy atom. The van der Waals surface area contributed by atoms with Gasteiger partial charge in [-0.3, -0.25) is 4.98 Å². The fraction of sp³-hybridized carbons (Fsp3) is 0.0833. The van der Waals surface area contributed by atoms with Crippen molar-refractivity contribution in [1.82, 2.24) is 4.98 Å². The van der Waals surface area contributed by atoms with Crippen molar-refractivity contribution in [1.29, 1.82) is 5.26 Å². The molecule has 4 rings (SSSR count). The molecule has 1 aromatic heterocycles. The number of benzene rings is 3. The van der Waals surface area contributed by atoms with Gasteiger partial charge in [-0.05, 0) is 29.8 Å². The van der Waals surface area contributed by atoms with Gasteiger partial charge < -0.3 is 14.8 Å². The summed E-state index contributed by atoms with van der Waals surface area (Å²) in [6.45, 7) is 0.361. The fourth-order valence-electron chi connectivity index (χ4n) is 3.15. The number of hydrogen-bond acceptors (Lipinski definition) is 5. The molecule has 154 valence electrons. The average Bonchev–Trinajstić information content (AvgIpc) is 2.79. The van der Waals surface area contributed by atoms with Crippen molar-refractivity contribution in [2.24, 2.45) is 0 Å². The maximum atomic E-state index is 14.4. The molecule has 0 unspecified atom stereocenters. The summed E-state index contributed by atoms with van der Waals surface area (Å²) in [5.74, 6) is 0.454. The Labute approximate surface area is 183 Å². The number of methoxy groups -OCH3 is 1. The first kappa shape index (κ1) is 20.5. The van der Waals surface area contributed by atoms with E-state index in [0.29, 0.717) is 34.7 Å². The lowest BCUT2D eigenvalue weighted by Crippen LogP contribution is -2.01. The number of fused-ring (bicyclic) bond motifs is 1. The number of aromatic nitrogens is 1. The topological polar surface area (TPSA) is 67.2 Å². The van der Waals surface area contributed by atoms with Gasteiger partial charge in [-0.2, -0.15) is 5.26 Å². The molecule has 31 heavy (non-hydrogen) atoms.